The van der Waals surface area contributed by atoms with E-state index in [2.05, 4.69) is 19.2 Å². The number of carboxylic acid groups (broad SMARTS) is 1. The summed E-state index contributed by atoms with van der Waals surface area (Å²) in [7, 11) is 0. The van der Waals surface area contributed by atoms with Gasteiger partial charge < -0.3 is 10.4 Å². The van der Waals surface area contributed by atoms with Crippen LogP contribution in [0.1, 0.15) is 53.4 Å². The Morgan fingerprint density at radius 1 is 1.05 bits per heavy atom. The van der Waals surface area contributed by atoms with E-state index >= 15 is 0 Å². The molecule has 0 aromatic heterocycles. The Bertz CT molecular complexity index is 327. The van der Waals surface area contributed by atoms with Gasteiger partial charge in [0.2, 0.25) is 5.91 Å². The normalized spacial score (nSPS) is 26.8. The van der Waals surface area contributed by atoms with Crippen molar-refractivity contribution in [1.82, 2.24) is 5.32 Å². The van der Waals surface area contributed by atoms with Gasteiger partial charge in [-0.3, -0.25) is 9.59 Å². The molecule has 0 saturated heterocycles. The van der Waals surface area contributed by atoms with Gasteiger partial charge in [-0.2, -0.15) is 0 Å². The second-order valence-electron chi connectivity index (χ2n) is 6.22. The van der Waals surface area contributed by atoms with Gasteiger partial charge in [-0.1, -0.05) is 40.5 Å². The lowest BCUT2D eigenvalue weighted by Crippen LogP contribution is -2.47. The highest BCUT2D eigenvalue weighted by Crippen LogP contribution is 2.30. The zero-order chi connectivity index (χ0) is 14.6. The summed E-state index contributed by atoms with van der Waals surface area (Å²) in [5, 5.41) is 12.1. The third-order valence-electron chi connectivity index (χ3n) is 4.56. The maximum atomic E-state index is 12.2. The van der Waals surface area contributed by atoms with Crippen LogP contribution >= 0.6 is 0 Å². The third kappa shape index (κ3) is 4.22. The van der Waals surface area contributed by atoms with Crippen LogP contribution in [-0.2, 0) is 9.59 Å². The van der Waals surface area contributed by atoms with Crippen LogP contribution in [0.3, 0.4) is 0 Å². The molecule has 0 spiro atoms. The molecule has 110 valence electrons. The molecule has 0 heterocycles. The van der Waals surface area contributed by atoms with Crippen molar-refractivity contribution in [1.29, 1.82) is 0 Å². The van der Waals surface area contributed by atoms with Gasteiger partial charge in [0.1, 0.15) is 0 Å². The highest BCUT2D eigenvalue weighted by atomic mass is 16.4. The number of rotatable bonds is 5. The minimum absolute atomic E-state index is 0.118. The lowest BCUT2D eigenvalue weighted by molar-refractivity contribution is -0.146. The Hall–Kier alpha value is -1.06. The number of carbonyl (C=O) groups excluding carboxylic acids is 1. The van der Waals surface area contributed by atoms with Gasteiger partial charge in [0, 0.05) is 12.0 Å². The predicted octanol–water partition coefficient (Wildman–Crippen LogP) is 2.67. The monoisotopic (exact) mass is 269 g/mol. The average molecular weight is 269 g/mol. The summed E-state index contributed by atoms with van der Waals surface area (Å²) in [6.45, 7) is 7.67. The van der Waals surface area contributed by atoms with E-state index in [-0.39, 0.29) is 11.9 Å². The summed E-state index contributed by atoms with van der Waals surface area (Å²) < 4.78 is 0. The number of carboxylic acids is 1. The van der Waals surface area contributed by atoms with Crippen LogP contribution in [0.15, 0.2) is 0 Å². The van der Waals surface area contributed by atoms with Crippen molar-refractivity contribution >= 4 is 11.9 Å². The van der Waals surface area contributed by atoms with Crippen molar-refractivity contribution < 1.29 is 14.7 Å². The van der Waals surface area contributed by atoms with E-state index in [1.165, 1.54) is 6.42 Å². The van der Waals surface area contributed by atoms with Gasteiger partial charge in [0.25, 0.3) is 0 Å². The molecule has 1 saturated carbocycles. The molecule has 1 aliphatic carbocycles. The molecular weight excluding hydrogens is 242 g/mol. The molecule has 4 nitrogen and oxygen atoms in total. The number of hydrogen-bond donors (Lipinski definition) is 2. The molecule has 4 unspecified atom stereocenters. The molecule has 1 aliphatic rings. The summed E-state index contributed by atoms with van der Waals surface area (Å²) in [5.74, 6) is -1.07. The van der Waals surface area contributed by atoms with Gasteiger partial charge in [-0.15, -0.1) is 0 Å². The lowest BCUT2D eigenvalue weighted by Gasteiger charge is -2.35. The standard InChI is InChI=1S/C15H27NO3/c1-9(2)12-7-5-6-8-13(12)16-14(17)10(3)11(4)15(18)19/h9-13H,5-8H2,1-4H3,(H,16,17)(H,18,19). The van der Waals surface area contributed by atoms with Gasteiger partial charge in [0.05, 0.1) is 5.92 Å². The first-order valence-electron chi connectivity index (χ1n) is 7.37. The summed E-state index contributed by atoms with van der Waals surface area (Å²) in [6.07, 6.45) is 4.56. The minimum Gasteiger partial charge on any atom is -0.481 e. The highest BCUT2D eigenvalue weighted by Gasteiger charge is 2.32. The van der Waals surface area contributed by atoms with Crippen molar-refractivity contribution in [3.63, 3.8) is 0 Å². The number of nitrogens with one attached hydrogen (secondary N) is 1. The van der Waals surface area contributed by atoms with Crippen molar-refractivity contribution in [2.45, 2.75) is 59.4 Å². The molecule has 19 heavy (non-hydrogen) atoms. The molecule has 1 rings (SSSR count). The van der Waals surface area contributed by atoms with Crippen LogP contribution in [0.5, 0.6) is 0 Å². The van der Waals surface area contributed by atoms with Gasteiger partial charge in [0.15, 0.2) is 0 Å². The van der Waals surface area contributed by atoms with Crippen molar-refractivity contribution in [3.05, 3.63) is 0 Å². The molecule has 0 bridgehead atoms. The van der Waals surface area contributed by atoms with Crippen molar-refractivity contribution in [2.24, 2.45) is 23.7 Å². The van der Waals surface area contributed by atoms with Gasteiger partial charge in [-0.05, 0) is 24.7 Å². The Kier molecular flexibility index (Phi) is 5.83. The van der Waals surface area contributed by atoms with Crippen molar-refractivity contribution in [3.8, 4) is 0 Å². The third-order valence-corrected chi connectivity index (χ3v) is 4.56. The summed E-state index contributed by atoms with van der Waals surface area (Å²) in [4.78, 5) is 23.1. The Morgan fingerprint density at radius 3 is 2.16 bits per heavy atom. The summed E-state index contributed by atoms with van der Waals surface area (Å²) in [5.41, 5.74) is 0. The zero-order valence-corrected chi connectivity index (χ0v) is 12.5. The van der Waals surface area contributed by atoms with E-state index in [1.54, 1.807) is 13.8 Å². The zero-order valence-electron chi connectivity index (χ0n) is 12.5. The topological polar surface area (TPSA) is 66.4 Å². The predicted molar refractivity (Wildman–Crippen MR) is 74.7 cm³/mol. The van der Waals surface area contributed by atoms with Gasteiger partial charge in [-0.25, -0.2) is 0 Å². The molecule has 1 fully saturated rings. The number of hydrogen-bond acceptors (Lipinski definition) is 2. The highest BCUT2D eigenvalue weighted by molar-refractivity contribution is 5.84. The Balaban J connectivity index is 2.61. The van der Waals surface area contributed by atoms with E-state index in [4.69, 9.17) is 5.11 Å². The first-order chi connectivity index (χ1) is 8.84. The van der Waals surface area contributed by atoms with Crippen LogP contribution in [0.2, 0.25) is 0 Å². The SMILES string of the molecule is CC(C)C1CCCCC1NC(=O)C(C)C(C)C(=O)O. The fourth-order valence-electron chi connectivity index (χ4n) is 2.89. The second kappa shape index (κ2) is 6.92. The first kappa shape index (κ1) is 16.0. The second-order valence-corrected chi connectivity index (χ2v) is 6.22. The summed E-state index contributed by atoms with van der Waals surface area (Å²) in [6, 6.07) is 0.213. The average Bonchev–Trinajstić information content (AvgIpc) is 2.37. The van der Waals surface area contributed by atoms with Crippen LogP contribution in [0, 0.1) is 23.7 Å². The van der Waals surface area contributed by atoms with E-state index in [0.29, 0.717) is 11.8 Å². The number of aliphatic carboxylic acids is 1. The largest absolute Gasteiger partial charge is 0.481 e. The van der Waals surface area contributed by atoms with E-state index in [1.807, 2.05) is 0 Å². The lowest BCUT2D eigenvalue weighted by atomic mass is 9.77. The smallest absolute Gasteiger partial charge is 0.307 e. The van der Waals surface area contributed by atoms with Crippen molar-refractivity contribution in [2.75, 3.05) is 0 Å². The maximum absolute atomic E-state index is 12.2. The molecule has 4 atom stereocenters. The van der Waals surface area contributed by atoms with Crippen LogP contribution in [-0.4, -0.2) is 23.0 Å². The van der Waals surface area contributed by atoms with Crippen LogP contribution in [0.4, 0.5) is 0 Å². The number of amides is 1. The quantitative estimate of drug-likeness (QED) is 0.806. The molecule has 0 aliphatic heterocycles. The van der Waals surface area contributed by atoms with E-state index < -0.39 is 17.8 Å². The molecule has 0 aromatic rings. The van der Waals surface area contributed by atoms with E-state index in [9.17, 15) is 9.59 Å². The molecule has 0 aromatic carbocycles. The molecule has 1 amide bonds. The van der Waals surface area contributed by atoms with Gasteiger partial charge >= 0.3 is 5.97 Å². The van der Waals surface area contributed by atoms with Crippen LogP contribution in [0.25, 0.3) is 0 Å². The summed E-state index contributed by atoms with van der Waals surface area (Å²) >= 11 is 0. The minimum atomic E-state index is -0.910. The maximum Gasteiger partial charge on any atom is 0.307 e. The first-order valence-corrected chi connectivity index (χ1v) is 7.37. The fourth-order valence-corrected chi connectivity index (χ4v) is 2.89. The molecule has 2 N–H and O–H groups in total. The fraction of sp³-hybridized carbons (Fsp3) is 0.867. The molecule has 4 heteroatoms. The Labute approximate surface area is 116 Å². The van der Waals surface area contributed by atoms with E-state index in [0.717, 1.165) is 19.3 Å². The number of carbonyl (C=O) groups is 2. The Morgan fingerprint density at radius 2 is 1.63 bits per heavy atom. The van der Waals surface area contributed by atoms with Crippen LogP contribution < -0.4 is 5.32 Å². The molecule has 0 radical (unpaired) electrons. The molecular formula is C15H27NO3.